The van der Waals surface area contributed by atoms with E-state index in [1.807, 2.05) is 0 Å². The molecule has 0 saturated carbocycles. The fraction of sp³-hybridized carbons (Fsp3) is 0.345. The zero-order valence-electron chi connectivity index (χ0n) is 20.1. The van der Waals surface area contributed by atoms with Gasteiger partial charge in [-0.25, -0.2) is 4.98 Å². The zero-order valence-corrected chi connectivity index (χ0v) is 20.1. The number of pyridine rings is 1. The number of aromatic nitrogens is 1. The van der Waals surface area contributed by atoms with Gasteiger partial charge in [-0.15, -0.1) is 0 Å². The maximum Gasteiger partial charge on any atom is 0.227 e. The molecule has 31 heavy (non-hydrogen) atoms. The molecular formula is C29H33NO. The van der Waals surface area contributed by atoms with Crippen molar-refractivity contribution in [2.75, 3.05) is 0 Å². The number of benzene rings is 2. The highest BCUT2D eigenvalue weighted by Gasteiger charge is 2.22. The van der Waals surface area contributed by atoms with Crippen LogP contribution in [0.25, 0.3) is 33.7 Å². The van der Waals surface area contributed by atoms with Gasteiger partial charge in [-0.1, -0.05) is 64.8 Å². The van der Waals surface area contributed by atoms with Gasteiger partial charge in [-0.2, -0.15) is 0 Å². The van der Waals surface area contributed by atoms with Gasteiger partial charge in [-0.05, 0) is 78.3 Å². The van der Waals surface area contributed by atoms with E-state index in [4.69, 9.17) is 9.40 Å². The molecule has 0 radical (unpaired) electrons. The third-order valence-corrected chi connectivity index (χ3v) is 5.85. The summed E-state index contributed by atoms with van der Waals surface area (Å²) in [5.74, 6) is 0.872. The molecule has 0 N–H and O–H groups in total. The molecule has 0 fully saturated rings. The molecule has 0 atom stereocenters. The molecule has 2 heterocycles. The topological polar surface area (TPSA) is 26.0 Å². The molecule has 0 aliphatic heterocycles. The van der Waals surface area contributed by atoms with Crippen LogP contribution in [-0.2, 0) is 10.8 Å². The summed E-state index contributed by atoms with van der Waals surface area (Å²) < 4.78 is 6.30. The smallest absolute Gasteiger partial charge is 0.227 e. The Morgan fingerprint density at radius 2 is 1.23 bits per heavy atom. The lowest BCUT2D eigenvalue weighted by molar-refractivity contribution is 0.567. The van der Waals surface area contributed by atoms with Crippen LogP contribution in [0.15, 0.2) is 59.0 Å². The highest BCUT2D eigenvalue weighted by molar-refractivity contribution is 5.82. The van der Waals surface area contributed by atoms with Crippen LogP contribution in [0.5, 0.6) is 0 Å². The number of fused-ring (bicyclic) bond motifs is 1. The first-order valence-corrected chi connectivity index (χ1v) is 11.1. The first-order chi connectivity index (χ1) is 14.4. The minimum absolute atomic E-state index is 0.0659. The second-order valence-electron chi connectivity index (χ2n) is 10.9. The molecule has 160 valence electrons. The summed E-state index contributed by atoms with van der Waals surface area (Å²) in [5, 5.41) is 1.03. The summed E-state index contributed by atoms with van der Waals surface area (Å²) in [6.07, 6.45) is 0. The Kier molecular flexibility index (Phi) is 5.08. The van der Waals surface area contributed by atoms with Crippen molar-refractivity contribution in [2.45, 2.75) is 66.2 Å². The average molecular weight is 412 g/mol. The molecular weight excluding hydrogens is 378 g/mol. The third-order valence-electron chi connectivity index (χ3n) is 5.85. The van der Waals surface area contributed by atoms with Crippen molar-refractivity contribution < 1.29 is 4.42 Å². The lowest BCUT2D eigenvalue weighted by Gasteiger charge is -2.25. The average Bonchev–Trinajstić information content (AvgIpc) is 3.09. The molecule has 2 nitrogen and oxygen atoms in total. The van der Waals surface area contributed by atoms with Crippen LogP contribution in [0.3, 0.4) is 0 Å². The van der Waals surface area contributed by atoms with Crippen LogP contribution in [0, 0.1) is 13.8 Å². The lowest BCUT2D eigenvalue weighted by atomic mass is 9.79. The predicted molar refractivity (Wildman–Crippen MR) is 132 cm³/mol. The van der Waals surface area contributed by atoms with Gasteiger partial charge in [0.25, 0.3) is 0 Å². The van der Waals surface area contributed by atoms with E-state index in [1.165, 1.54) is 22.3 Å². The van der Waals surface area contributed by atoms with Gasteiger partial charge in [0.1, 0.15) is 5.76 Å². The third kappa shape index (κ3) is 4.44. The molecule has 2 aromatic carbocycles. The molecule has 0 aliphatic carbocycles. The SMILES string of the molecule is Cc1cc(C)cc(-c2ccc3cc(-c4cc(C(C)(C)C)cc(C(C)(C)C)c4)oc3n2)c1. The Morgan fingerprint density at radius 1 is 0.645 bits per heavy atom. The van der Waals surface area contributed by atoms with Gasteiger partial charge in [0.2, 0.25) is 5.71 Å². The number of nitrogens with zero attached hydrogens (tertiary/aromatic N) is 1. The van der Waals surface area contributed by atoms with Gasteiger partial charge in [0, 0.05) is 16.5 Å². The molecule has 4 rings (SSSR count). The lowest BCUT2D eigenvalue weighted by Crippen LogP contribution is -2.16. The summed E-state index contributed by atoms with van der Waals surface area (Å²) in [6.45, 7) is 17.8. The van der Waals surface area contributed by atoms with E-state index < -0.39 is 0 Å². The van der Waals surface area contributed by atoms with Crippen molar-refractivity contribution in [1.82, 2.24) is 4.98 Å². The second-order valence-corrected chi connectivity index (χ2v) is 10.9. The number of hydrogen-bond acceptors (Lipinski definition) is 2. The maximum atomic E-state index is 6.30. The van der Waals surface area contributed by atoms with E-state index in [0.29, 0.717) is 5.71 Å². The molecule has 0 spiro atoms. The van der Waals surface area contributed by atoms with E-state index in [1.54, 1.807) is 0 Å². The zero-order chi connectivity index (χ0) is 22.6. The summed E-state index contributed by atoms with van der Waals surface area (Å²) in [5.41, 5.74) is 9.12. The number of rotatable bonds is 2. The maximum absolute atomic E-state index is 6.30. The monoisotopic (exact) mass is 411 g/mol. The Labute approximate surface area is 186 Å². The van der Waals surface area contributed by atoms with Gasteiger partial charge in [0.15, 0.2) is 0 Å². The first kappa shape index (κ1) is 21.4. The standard InChI is InChI=1S/C29H33NO/c1-18-11-19(2)13-21(12-18)25-10-9-20-16-26(31-27(20)30-25)22-14-23(28(3,4)5)17-24(15-22)29(6,7)8/h9-17H,1-8H3. The van der Waals surface area contributed by atoms with Crippen LogP contribution in [0.2, 0.25) is 0 Å². The number of hydrogen-bond donors (Lipinski definition) is 0. The van der Waals surface area contributed by atoms with E-state index in [0.717, 1.165) is 28.0 Å². The normalized spacial score (nSPS) is 12.5. The van der Waals surface area contributed by atoms with Crippen LogP contribution < -0.4 is 0 Å². The van der Waals surface area contributed by atoms with Gasteiger partial charge in [-0.3, -0.25) is 0 Å². The van der Waals surface area contributed by atoms with Gasteiger partial charge < -0.3 is 4.42 Å². The number of furan rings is 1. The Morgan fingerprint density at radius 3 is 1.77 bits per heavy atom. The van der Waals surface area contributed by atoms with Crippen LogP contribution in [0.1, 0.15) is 63.8 Å². The minimum atomic E-state index is 0.0659. The molecule has 2 aromatic heterocycles. The van der Waals surface area contributed by atoms with Gasteiger partial charge in [0.05, 0.1) is 5.69 Å². The quantitative estimate of drug-likeness (QED) is 0.331. The van der Waals surface area contributed by atoms with Crippen molar-refractivity contribution >= 4 is 11.1 Å². The fourth-order valence-electron chi connectivity index (χ4n) is 3.98. The van der Waals surface area contributed by atoms with Crippen molar-refractivity contribution in [1.29, 1.82) is 0 Å². The highest BCUT2D eigenvalue weighted by Crippen LogP contribution is 2.36. The molecule has 0 amide bonds. The number of aryl methyl sites for hydroxylation is 2. The molecule has 0 aliphatic rings. The second kappa shape index (κ2) is 7.37. The highest BCUT2D eigenvalue weighted by atomic mass is 16.3. The summed E-state index contributed by atoms with van der Waals surface area (Å²) in [6, 6.07) is 19.7. The van der Waals surface area contributed by atoms with Crippen LogP contribution in [0.4, 0.5) is 0 Å². The molecule has 0 unspecified atom stereocenters. The Hall–Kier alpha value is -2.87. The summed E-state index contributed by atoms with van der Waals surface area (Å²) in [4.78, 5) is 4.85. The Bertz CT molecular complexity index is 1210. The molecule has 0 bridgehead atoms. The van der Waals surface area contributed by atoms with E-state index in [9.17, 15) is 0 Å². The van der Waals surface area contributed by atoms with Crippen molar-refractivity contribution in [3.8, 4) is 22.6 Å². The minimum Gasteiger partial charge on any atom is -0.438 e. The van der Waals surface area contributed by atoms with E-state index >= 15 is 0 Å². The van der Waals surface area contributed by atoms with E-state index in [-0.39, 0.29) is 10.8 Å². The largest absolute Gasteiger partial charge is 0.438 e. The molecule has 4 aromatic rings. The summed E-state index contributed by atoms with van der Waals surface area (Å²) >= 11 is 0. The van der Waals surface area contributed by atoms with Gasteiger partial charge >= 0.3 is 0 Å². The first-order valence-electron chi connectivity index (χ1n) is 11.1. The van der Waals surface area contributed by atoms with Crippen LogP contribution in [-0.4, -0.2) is 4.98 Å². The molecule has 0 saturated heterocycles. The summed E-state index contributed by atoms with van der Waals surface area (Å²) in [7, 11) is 0. The predicted octanol–water partition coefficient (Wildman–Crippen LogP) is 8.37. The van der Waals surface area contributed by atoms with Crippen molar-refractivity contribution in [3.05, 3.63) is 76.9 Å². The molecule has 2 heteroatoms. The van der Waals surface area contributed by atoms with Crippen LogP contribution >= 0.6 is 0 Å². The van der Waals surface area contributed by atoms with E-state index in [2.05, 4.69) is 110 Å². The van der Waals surface area contributed by atoms with Crippen molar-refractivity contribution in [3.63, 3.8) is 0 Å². The Balaban J connectivity index is 1.83. The fourth-order valence-corrected chi connectivity index (χ4v) is 3.98. The van der Waals surface area contributed by atoms with Crippen molar-refractivity contribution in [2.24, 2.45) is 0 Å².